The van der Waals surface area contributed by atoms with Gasteiger partial charge >= 0.3 is 0 Å². The first-order valence-electron chi connectivity index (χ1n) is 7.10. The van der Waals surface area contributed by atoms with Gasteiger partial charge in [0.1, 0.15) is 10.0 Å². The van der Waals surface area contributed by atoms with Crippen molar-refractivity contribution in [1.29, 1.82) is 0 Å². The van der Waals surface area contributed by atoms with E-state index in [1.807, 2.05) is 0 Å². The minimum Gasteiger partial charge on any atom is -0.396 e. The molecule has 0 fully saturated rings. The van der Waals surface area contributed by atoms with Crippen molar-refractivity contribution >= 4 is 33.3 Å². The highest BCUT2D eigenvalue weighted by atomic mass is 32.2. The summed E-state index contributed by atoms with van der Waals surface area (Å²) >= 11 is 1.02. The molecule has 1 heterocycles. The number of amides is 1. The molecule has 0 aliphatic rings. The van der Waals surface area contributed by atoms with Crippen molar-refractivity contribution in [3.05, 3.63) is 59.2 Å². The van der Waals surface area contributed by atoms with Gasteiger partial charge in [-0.25, -0.2) is 17.1 Å². The lowest BCUT2D eigenvalue weighted by atomic mass is 10.2. The Morgan fingerprint density at radius 1 is 1.25 bits per heavy atom. The van der Waals surface area contributed by atoms with Crippen LogP contribution in [0.1, 0.15) is 12.0 Å². The molecule has 2 aromatic rings. The number of aliphatic hydroxyl groups excluding tert-OH is 1. The molecule has 1 N–H and O–H groups in total. The topological polar surface area (TPSA) is 74.7 Å². The molecule has 1 amide bonds. The van der Waals surface area contributed by atoms with Crippen molar-refractivity contribution in [3.63, 3.8) is 0 Å². The van der Waals surface area contributed by atoms with E-state index in [0.717, 1.165) is 21.7 Å². The van der Waals surface area contributed by atoms with Crippen molar-refractivity contribution in [2.24, 2.45) is 0 Å². The van der Waals surface area contributed by atoms with Crippen LogP contribution in [-0.4, -0.2) is 36.9 Å². The number of halogens is 1. The summed E-state index contributed by atoms with van der Waals surface area (Å²) in [6.45, 7) is -0.352. The van der Waals surface area contributed by atoms with Gasteiger partial charge in [0, 0.05) is 19.2 Å². The third-order valence-corrected chi connectivity index (χ3v) is 6.26. The van der Waals surface area contributed by atoms with Gasteiger partial charge in [0.05, 0.1) is 0 Å². The molecule has 0 aliphatic heterocycles. The number of aliphatic hydroxyl groups is 1. The van der Waals surface area contributed by atoms with Crippen LogP contribution in [0.5, 0.6) is 0 Å². The van der Waals surface area contributed by atoms with Crippen LogP contribution >= 0.6 is 11.3 Å². The van der Waals surface area contributed by atoms with E-state index in [9.17, 15) is 17.6 Å². The fourth-order valence-electron chi connectivity index (χ4n) is 1.91. The average Bonchev–Trinajstić information content (AvgIpc) is 3.10. The minimum absolute atomic E-state index is 0.0592. The largest absolute Gasteiger partial charge is 0.396 e. The van der Waals surface area contributed by atoms with Crippen molar-refractivity contribution in [1.82, 2.24) is 4.31 Å². The molecule has 128 valence electrons. The molecule has 0 saturated heterocycles. The number of carbonyl (C=O) groups excluding carboxylic acids is 1. The van der Waals surface area contributed by atoms with Crippen molar-refractivity contribution < 1.29 is 22.7 Å². The first-order valence-corrected chi connectivity index (χ1v) is 9.42. The molecule has 1 aromatic carbocycles. The lowest BCUT2D eigenvalue weighted by Gasteiger charge is -2.19. The quantitative estimate of drug-likeness (QED) is 0.761. The molecule has 0 spiro atoms. The van der Waals surface area contributed by atoms with Crippen LogP contribution in [0.25, 0.3) is 6.08 Å². The maximum Gasteiger partial charge on any atom is 0.276 e. The van der Waals surface area contributed by atoms with E-state index in [2.05, 4.69) is 0 Å². The van der Waals surface area contributed by atoms with E-state index in [1.165, 1.54) is 36.4 Å². The van der Waals surface area contributed by atoms with E-state index < -0.39 is 21.7 Å². The SMILES string of the molecule is O=C(C=Cc1ccc(F)cc1)N(CCCO)S(=O)(=O)c1cccs1. The van der Waals surface area contributed by atoms with E-state index in [4.69, 9.17) is 5.11 Å². The number of nitrogens with zero attached hydrogens (tertiary/aromatic N) is 1. The van der Waals surface area contributed by atoms with Gasteiger partial charge in [-0.3, -0.25) is 4.79 Å². The molecule has 0 aliphatic carbocycles. The van der Waals surface area contributed by atoms with Crippen LogP contribution in [0.2, 0.25) is 0 Å². The minimum atomic E-state index is -3.96. The number of benzene rings is 1. The molecule has 0 bridgehead atoms. The Morgan fingerprint density at radius 3 is 2.54 bits per heavy atom. The second-order valence-electron chi connectivity index (χ2n) is 4.81. The predicted octanol–water partition coefficient (Wildman–Crippen LogP) is 2.50. The molecular weight excluding hydrogens is 353 g/mol. The van der Waals surface area contributed by atoms with Crippen LogP contribution in [0.3, 0.4) is 0 Å². The van der Waals surface area contributed by atoms with E-state index in [1.54, 1.807) is 11.4 Å². The lowest BCUT2D eigenvalue weighted by Crippen LogP contribution is -2.36. The van der Waals surface area contributed by atoms with Gasteiger partial charge < -0.3 is 5.11 Å². The van der Waals surface area contributed by atoms with Gasteiger partial charge in [0.15, 0.2) is 0 Å². The summed E-state index contributed by atoms with van der Waals surface area (Å²) in [6, 6.07) is 8.45. The molecule has 1 aromatic heterocycles. The second kappa shape index (κ2) is 8.18. The van der Waals surface area contributed by atoms with E-state index in [-0.39, 0.29) is 23.8 Å². The van der Waals surface area contributed by atoms with E-state index >= 15 is 0 Å². The van der Waals surface area contributed by atoms with Crippen LogP contribution in [0.15, 0.2) is 52.1 Å². The van der Waals surface area contributed by atoms with Crippen molar-refractivity contribution in [2.75, 3.05) is 13.2 Å². The normalized spacial score (nSPS) is 11.8. The molecule has 0 atom stereocenters. The highest BCUT2D eigenvalue weighted by Crippen LogP contribution is 2.21. The second-order valence-corrected chi connectivity index (χ2v) is 7.85. The van der Waals surface area contributed by atoms with Crippen LogP contribution in [0, 0.1) is 5.82 Å². The molecule has 0 saturated carbocycles. The Bertz CT molecular complexity index is 799. The monoisotopic (exact) mass is 369 g/mol. The zero-order chi connectivity index (χ0) is 17.6. The molecule has 5 nitrogen and oxygen atoms in total. The summed E-state index contributed by atoms with van der Waals surface area (Å²) in [6.07, 6.45) is 2.67. The van der Waals surface area contributed by atoms with Crippen molar-refractivity contribution in [3.8, 4) is 0 Å². The molecule has 0 radical (unpaired) electrons. The molecule has 2 rings (SSSR count). The van der Waals surface area contributed by atoms with Gasteiger partial charge in [0.2, 0.25) is 0 Å². The molecule has 8 heteroatoms. The maximum atomic E-state index is 12.9. The summed E-state index contributed by atoms with van der Waals surface area (Å²) in [5, 5.41) is 10.6. The molecular formula is C16H16FNO4S2. The Morgan fingerprint density at radius 2 is 1.96 bits per heavy atom. The fraction of sp³-hybridized carbons (Fsp3) is 0.188. The number of thiophene rings is 1. The number of sulfonamides is 1. The average molecular weight is 369 g/mol. The third kappa shape index (κ3) is 4.50. The fourth-order valence-corrected chi connectivity index (χ4v) is 4.41. The Hall–Kier alpha value is -2.03. The Labute approximate surface area is 143 Å². The zero-order valence-corrected chi connectivity index (χ0v) is 14.3. The number of hydrogen-bond donors (Lipinski definition) is 1. The first kappa shape index (κ1) is 18.3. The number of carbonyl (C=O) groups is 1. The highest BCUT2D eigenvalue weighted by Gasteiger charge is 2.28. The van der Waals surface area contributed by atoms with Crippen LogP contribution in [0.4, 0.5) is 4.39 Å². The standard InChI is InChI=1S/C16H16FNO4S2/c17-14-7-4-13(5-8-14)6-9-15(20)18(10-2-11-19)24(21,22)16-3-1-12-23-16/h1,3-9,12,19H,2,10-11H2. The smallest absolute Gasteiger partial charge is 0.276 e. The van der Waals surface area contributed by atoms with E-state index in [0.29, 0.717) is 5.56 Å². The first-order chi connectivity index (χ1) is 11.4. The van der Waals surface area contributed by atoms with Gasteiger partial charge in [-0.15, -0.1) is 11.3 Å². The van der Waals surface area contributed by atoms with Gasteiger partial charge in [0.25, 0.3) is 15.9 Å². The van der Waals surface area contributed by atoms with Crippen LogP contribution < -0.4 is 0 Å². The predicted molar refractivity (Wildman–Crippen MR) is 90.4 cm³/mol. The summed E-state index contributed by atoms with van der Waals surface area (Å²) < 4.78 is 38.8. The number of rotatable bonds is 7. The molecule has 0 unspecified atom stereocenters. The summed E-state index contributed by atoms with van der Waals surface area (Å²) in [4.78, 5) is 12.3. The van der Waals surface area contributed by atoms with Gasteiger partial charge in [-0.1, -0.05) is 18.2 Å². The number of hydrogen-bond acceptors (Lipinski definition) is 5. The highest BCUT2D eigenvalue weighted by molar-refractivity contribution is 7.91. The van der Waals surface area contributed by atoms with Crippen molar-refractivity contribution in [2.45, 2.75) is 10.6 Å². The summed E-state index contributed by atoms with van der Waals surface area (Å²) in [7, 11) is -3.96. The molecule has 24 heavy (non-hydrogen) atoms. The third-order valence-electron chi connectivity index (χ3n) is 3.09. The Balaban J connectivity index is 2.24. The maximum absolute atomic E-state index is 12.9. The van der Waals surface area contributed by atoms with Gasteiger partial charge in [-0.2, -0.15) is 0 Å². The zero-order valence-electron chi connectivity index (χ0n) is 12.6. The Kier molecular flexibility index (Phi) is 6.24. The lowest BCUT2D eigenvalue weighted by molar-refractivity contribution is -0.121. The summed E-state index contributed by atoms with van der Waals surface area (Å²) in [5.74, 6) is -1.12. The summed E-state index contributed by atoms with van der Waals surface area (Å²) in [5.41, 5.74) is 0.570. The van der Waals surface area contributed by atoms with Gasteiger partial charge in [-0.05, 0) is 41.6 Å². The van der Waals surface area contributed by atoms with Crippen LogP contribution in [-0.2, 0) is 14.8 Å².